The Bertz CT molecular complexity index is 1130. The minimum Gasteiger partial charge on any atom is -0.508 e. The Morgan fingerprint density at radius 1 is 1.24 bits per heavy atom. The highest BCUT2D eigenvalue weighted by atomic mass is 16.5. The Labute approximate surface area is 143 Å². The van der Waals surface area contributed by atoms with Crippen molar-refractivity contribution in [3.63, 3.8) is 0 Å². The molecule has 0 saturated heterocycles. The van der Waals surface area contributed by atoms with E-state index in [9.17, 15) is 10.4 Å². The summed E-state index contributed by atoms with van der Waals surface area (Å²) in [6, 6.07) is 7.65. The lowest BCUT2D eigenvalue weighted by molar-refractivity contribution is 0.420. The Morgan fingerprint density at radius 3 is 2.80 bits per heavy atom. The molecule has 25 heavy (non-hydrogen) atoms. The zero-order valence-corrected chi connectivity index (χ0v) is 13.7. The molecule has 0 amide bonds. The van der Waals surface area contributed by atoms with Crippen LogP contribution in [-0.4, -0.2) is 20.2 Å². The molecule has 0 saturated carbocycles. The summed E-state index contributed by atoms with van der Waals surface area (Å²) in [6.07, 6.45) is 4.80. The number of nitrogens with zero attached hydrogens (tertiary/aromatic N) is 3. The Hall–Kier alpha value is -3.59. The van der Waals surface area contributed by atoms with Gasteiger partial charge in [-0.25, -0.2) is 4.98 Å². The predicted octanol–water partition coefficient (Wildman–Crippen LogP) is 4.08. The van der Waals surface area contributed by atoms with E-state index >= 15 is 0 Å². The van der Waals surface area contributed by atoms with Gasteiger partial charge < -0.3 is 14.6 Å². The molecular weight excluding hydrogens is 316 g/mol. The normalized spacial score (nSPS) is 10.9. The fraction of sp³-hybridized carbons (Fsp3) is 0.105. The average molecular weight is 330 g/mol. The average Bonchev–Trinajstić information content (AvgIpc) is 3.27. The molecule has 1 aromatic carbocycles. The number of benzene rings is 1. The van der Waals surface area contributed by atoms with Gasteiger partial charge in [-0.3, -0.25) is 0 Å². The molecule has 4 rings (SSSR count). The number of aromatic nitrogens is 3. The third kappa shape index (κ3) is 2.25. The van der Waals surface area contributed by atoms with Crippen molar-refractivity contribution < 1.29 is 9.63 Å². The van der Waals surface area contributed by atoms with Gasteiger partial charge in [0.25, 0.3) is 0 Å². The molecule has 2 N–H and O–H groups in total. The van der Waals surface area contributed by atoms with Crippen molar-refractivity contribution in [1.82, 2.24) is 15.1 Å². The molecule has 6 heteroatoms. The van der Waals surface area contributed by atoms with E-state index in [-0.39, 0.29) is 5.75 Å². The van der Waals surface area contributed by atoms with Crippen LogP contribution in [0.1, 0.15) is 16.7 Å². The van der Waals surface area contributed by atoms with E-state index in [0.717, 1.165) is 33.3 Å². The number of phenols is 1. The lowest BCUT2D eigenvalue weighted by Crippen LogP contribution is -1.94. The fourth-order valence-corrected chi connectivity index (χ4v) is 3.13. The van der Waals surface area contributed by atoms with Crippen LogP contribution in [0.4, 0.5) is 0 Å². The number of H-pyrrole nitrogens is 1. The number of nitrogens with one attached hydrogen (secondary N) is 1. The van der Waals surface area contributed by atoms with E-state index in [1.54, 1.807) is 18.5 Å². The van der Waals surface area contributed by atoms with Gasteiger partial charge in [0.1, 0.15) is 23.7 Å². The van der Waals surface area contributed by atoms with Crippen molar-refractivity contribution in [2.75, 3.05) is 0 Å². The van der Waals surface area contributed by atoms with E-state index < -0.39 is 0 Å². The molecule has 0 bridgehead atoms. The monoisotopic (exact) mass is 330 g/mol. The van der Waals surface area contributed by atoms with Crippen molar-refractivity contribution in [2.45, 2.75) is 13.8 Å². The van der Waals surface area contributed by atoms with Crippen molar-refractivity contribution in [3.8, 4) is 34.2 Å². The molecule has 0 spiro atoms. The van der Waals surface area contributed by atoms with Crippen molar-refractivity contribution >= 4 is 11.0 Å². The summed E-state index contributed by atoms with van der Waals surface area (Å²) in [7, 11) is 0. The number of rotatable bonds is 2. The number of pyridine rings is 1. The lowest BCUT2D eigenvalue weighted by Gasteiger charge is -2.13. The number of phenolic OH excluding ortho intramolecular Hbond substituents is 1. The van der Waals surface area contributed by atoms with Gasteiger partial charge in [-0.05, 0) is 42.7 Å². The third-order valence-electron chi connectivity index (χ3n) is 4.43. The Balaban J connectivity index is 2.01. The topological polar surface area (TPSA) is 98.7 Å². The number of aryl methyl sites for hydroxylation is 1. The van der Waals surface area contributed by atoms with Gasteiger partial charge in [0, 0.05) is 17.1 Å². The second-order valence-corrected chi connectivity index (χ2v) is 5.92. The molecule has 3 heterocycles. The van der Waals surface area contributed by atoms with Gasteiger partial charge >= 0.3 is 0 Å². The smallest absolute Gasteiger partial charge is 0.139 e. The molecule has 0 fully saturated rings. The van der Waals surface area contributed by atoms with Gasteiger partial charge in [-0.15, -0.1) is 0 Å². The van der Waals surface area contributed by atoms with E-state index in [0.29, 0.717) is 16.8 Å². The van der Waals surface area contributed by atoms with Crippen LogP contribution in [0.5, 0.6) is 5.75 Å². The van der Waals surface area contributed by atoms with E-state index in [2.05, 4.69) is 21.2 Å². The molecule has 6 nitrogen and oxygen atoms in total. The van der Waals surface area contributed by atoms with Crippen LogP contribution in [0.15, 0.2) is 41.4 Å². The van der Waals surface area contributed by atoms with Gasteiger partial charge in [0.2, 0.25) is 0 Å². The van der Waals surface area contributed by atoms with Gasteiger partial charge in [-0.1, -0.05) is 11.2 Å². The molecule has 4 aromatic rings. The maximum absolute atomic E-state index is 10.1. The quantitative estimate of drug-likeness (QED) is 0.577. The summed E-state index contributed by atoms with van der Waals surface area (Å²) in [6.45, 7) is 3.79. The Morgan fingerprint density at radius 2 is 2.08 bits per heavy atom. The van der Waals surface area contributed by atoms with Crippen LogP contribution in [0.25, 0.3) is 33.4 Å². The van der Waals surface area contributed by atoms with Crippen molar-refractivity contribution in [3.05, 3.63) is 53.5 Å². The second-order valence-electron chi connectivity index (χ2n) is 5.92. The molecule has 0 atom stereocenters. The highest BCUT2D eigenvalue weighted by molar-refractivity contribution is 5.94. The van der Waals surface area contributed by atoms with E-state index in [4.69, 9.17) is 4.52 Å². The highest BCUT2D eigenvalue weighted by Crippen LogP contribution is 2.37. The first kappa shape index (κ1) is 15.0. The number of hydrogen-bond donors (Lipinski definition) is 2. The first-order chi connectivity index (χ1) is 12.1. The number of fused-ring (bicyclic) bond motifs is 1. The van der Waals surface area contributed by atoms with Crippen LogP contribution < -0.4 is 0 Å². The number of aromatic amines is 1. The zero-order chi connectivity index (χ0) is 17.6. The lowest BCUT2D eigenvalue weighted by atomic mass is 9.92. The summed E-state index contributed by atoms with van der Waals surface area (Å²) in [4.78, 5) is 7.65. The molecule has 3 aromatic heterocycles. The second kappa shape index (κ2) is 5.49. The molecule has 0 aliphatic carbocycles. The molecule has 0 radical (unpaired) electrons. The SMILES string of the molecule is Cc1ccc(O)c(C)c1-c1cnc2[nH]c(-c3cnoc3)cc2c1C#N. The minimum absolute atomic E-state index is 0.198. The zero-order valence-electron chi connectivity index (χ0n) is 13.7. The van der Waals surface area contributed by atoms with Gasteiger partial charge in [0.15, 0.2) is 0 Å². The van der Waals surface area contributed by atoms with E-state index in [1.807, 2.05) is 26.0 Å². The standard InChI is InChI=1S/C19H14N4O2/c1-10-3-4-17(24)11(2)18(10)15-8-21-19-13(14(15)6-20)5-16(23-19)12-7-22-25-9-12/h3-5,7-9,24H,1-2H3,(H,21,23). The largest absolute Gasteiger partial charge is 0.508 e. The van der Waals surface area contributed by atoms with Crippen LogP contribution in [0.3, 0.4) is 0 Å². The van der Waals surface area contributed by atoms with Gasteiger partial charge in [-0.2, -0.15) is 5.26 Å². The first-order valence-electron chi connectivity index (χ1n) is 7.71. The number of hydrogen-bond acceptors (Lipinski definition) is 5. The number of nitriles is 1. The van der Waals surface area contributed by atoms with E-state index in [1.165, 1.54) is 6.26 Å². The summed E-state index contributed by atoms with van der Waals surface area (Å²) < 4.78 is 4.88. The molecule has 0 aliphatic rings. The summed E-state index contributed by atoms with van der Waals surface area (Å²) in [5.41, 5.74) is 5.94. The molecule has 0 unspecified atom stereocenters. The maximum Gasteiger partial charge on any atom is 0.139 e. The molecular formula is C19H14N4O2. The molecule has 122 valence electrons. The molecule has 0 aliphatic heterocycles. The van der Waals surface area contributed by atoms with Crippen LogP contribution in [-0.2, 0) is 0 Å². The summed E-state index contributed by atoms with van der Waals surface area (Å²) in [5, 5.41) is 24.3. The third-order valence-corrected chi connectivity index (χ3v) is 4.43. The Kier molecular flexibility index (Phi) is 3.29. The maximum atomic E-state index is 10.1. The van der Waals surface area contributed by atoms with Crippen molar-refractivity contribution in [2.24, 2.45) is 0 Å². The van der Waals surface area contributed by atoms with Gasteiger partial charge in [0.05, 0.1) is 23.0 Å². The first-order valence-corrected chi connectivity index (χ1v) is 7.71. The predicted molar refractivity (Wildman–Crippen MR) is 92.9 cm³/mol. The summed E-state index contributed by atoms with van der Waals surface area (Å²) in [5.74, 6) is 0.198. The highest BCUT2D eigenvalue weighted by Gasteiger charge is 2.18. The fourth-order valence-electron chi connectivity index (χ4n) is 3.13. The number of aromatic hydroxyl groups is 1. The van der Waals surface area contributed by atoms with Crippen LogP contribution in [0, 0.1) is 25.2 Å². The van der Waals surface area contributed by atoms with Crippen LogP contribution in [0.2, 0.25) is 0 Å². The van der Waals surface area contributed by atoms with Crippen molar-refractivity contribution in [1.29, 1.82) is 5.26 Å². The van der Waals surface area contributed by atoms with Crippen LogP contribution >= 0.6 is 0 Å². The minimum atomic E-state index is 0.198. The summed E-state index contributed by atoms with van der Waals surface area (Å²) >= 11 is 0.